The lowest BCUT2D eigenvalue weighted by Crippen LogP contribution is -2.10. The highest BCUT2D eigenvalue weighted by molar-refractivity contribution is 5.92. The molecule has 0 aromatic heterocycles. The Labute approximate surface area is 82.1 Å². The van der Waals surface area contributed by atoms with Crippen LogP contribution in [0.25, 0.3) is 0 Å². The fourth-order valence-electron chi connectivity index (χ4n) is 0.904. The van der Waals surface area contributed by atoms with Gasteiger partial charge in [0.1, 0.15) is 0 Å². The van der Waals surface area contributed by atoms with Gasteiger partial charge in [-0.2, -0.15) is 5.26 Å². The molecule has 1 rings (SSSR count). The van der Waals surface area contributed by atoms with E-state index in [4.69, 9.17) is 11.0 Å². The van der Waals surface area contributed by atoms with Crippen LogP contribution in [-0.4, -0.2) is 5.91 Å². The quantitative estimate of drug-likeness (QED) is 0.663. The van der Waals surface area contributed by atoms with Crippen LogP contribution in [0.15, 0.2) is 24.3 Å². The second kappa shape index (κ2) is 4.69. The van der Waals surface area contributed by atoms with E-state index in [0.29, 0.717) is 5.56 Å². The van der Waals surface area contributed by atoms with Gasteiger partial charge in [-0.3, -0.25) is 4.79 Å². The van der Waals surface area contributed by atoms with E-state index in [-0.39, 0.29) is 6.42 Å². The summed E-state index contributed by atoms with van der Waals surface area (Å²) >= 11 is 0. The Hall–Kier alpha value is -2.26. The van der Waals surface area contributed by atoms with Gasteiger partial charge in [-0.05, 0) is 24.3 Å². The number of hydrogen-bond acceptors (Lipinski definition) is 2. The lowest BCUT2D eigenvalue weighted by Gasteiger charge is -1.93. The zero-order valence-electron chi connectivity index (χ0n) is 7.45. The van der Waals surface area contributed by atoms with Gasteiger partial charge in [0, 0.05) is 11.1 Å². The van der Waals surface area contributed by atoms with Crippen molar-refractivity contribution in [2.45, 2.75) is 6.42 Å². The van der Waals surface area contributed by atoms with E-state index in [1.165, 1.54) is 0 Å². The molecule has 0 saturated carbocycles. The Bertz CT molecular complexity index is 429. The third-order valence-electron chi connectivity index (χ3n) is 1.57. The summed E-state index contributed by atoms with van der Waals surface area (Å²) in [6, 6.07) is 8.54. The number of rotatable bonds is 1. The number of benzene rings is 1. The Kier molecular flexibility index (Phi) is 3.29. The van der Waals surface area contributed by atoms with Gasteiger partial charge >= 0.3 is 0 Å². The van der Waals surface area contributed by atoms with Crippen molar-refractivity contribution in [3.63, 3.8) is 0 Å². The molecule has 0 radical (unpaired) electrons. The van der Waals surface area contributed by atoms with Crippen LogP contribution >= 0.6 is 0 Å². The molecule has 0 aliphatic heterocycles. The Morgan fingerprint density at radius 2 is 2.00 bits per heavy atom. The van der Waals surface area contributed by atoms with Crippen LogP contribution in [0.3, 0.4) is 0 Å². The molecule has 1 aromatic rings. The molecular weight excluding hydrogens is 176 g/mol. The SMILES string of the molecule is N#CCC#Cc1ccc(C(N)=O)cc1. The number of hydrogen-bond donors (Lipinski definition) is 1. The van der Waals surface area contributed by atoms with Crippen molar-refractivity contribution in [3.8, 4) is 17.9 Å². The van der Waals surface area contributed by atoms with Gasteiger partial charge in [-0.1, -0.05) is 11.8 Å². The van der Waals surface area contributed by atoms with Crippen LogP contribution in [-0.2, 0) is 0 Å². The summed E-state index contributed by atoms with van der Waals surface area (Å²) in [6.45, 7) is 0. The minimum absolute atomic E-state index is 0.206. The molecule has 0 aliphatic rings. The summed E-state index contributed by atoms with van der Waals surface area (Å²) < 4.78 is 0. The van der Waals surface area contributed by atoms with Gasteiger partial charge in [-0.25, -0.2) is 0 Å². The first-order valence-electron chi connectivity index (χ1n) is 3.99. The minimum atomic E-state index is -0.457. The number of nitrogens with two attached hydrogens (primary N) is 1. The third-order valence-corrected chi connectivity index (χ3v) is 1.57. The van der Waals surface area contributed by atoms with Crippen molar-refractivity contribution in [2.24, 2.45) is 5.73 Å². The molecule has 0 aliphatic carbocycles. The van der Waals surface area contributed by atoms with Gasteiger partial charge in [0.15, 0.2) is 0 Å². The number of primary amides is 1. The Morgan fingerprint density at radius 1 is 1.36 bits per heavy atom. The van der Waals surface area contributed by atoms with Crippen molar-refractivity contribution in [2.75, 3.05) is 0 Å². The molecular formula is C11H8N2O. The molecule has 0 unspecified atom stereocenters. The standard InChI is InChI=1S/C11H8N2O/c12-8-2-1-3-9-4-6-10(7-5-9)11(13)14/h4-7H,2H2,(H2,13,14). The molecule has 2 N–H and O–H groups in total. The predicted octanol–water partition coefficient (Wildman–Crippen LogP) is 1.05. The normalized spacial score (nSPS) is 8.21. The summed E-state index contributed by atoms with van der Waals surface area (Å²) in [4.78, 5) is 10.7. The van der Waals surface area contributed by atoms with Crippen LogP contribution < -0.4 is 5.73 Å². The van der Waals surface area contributed by atoms with Gasteiger partial charge < -0.3 is 5.73 Å². The van der Waals surface area contributed by atoms with E-state index >= 15 is 0 Å². The van der Waals surface area contributed by atoms with Gasteiger partial charge in [0.25, 0.3) is 0 Å². The van der Waals surface area contributed by atoms with Crippen LogP contribution in [0.4, 0.5) is 0 Å². The maximum atomic E-state index is 10.7. The third kappa shape index (κ3) is 2.66. The average Bonchev–Trinajstić information content (AvgIpc) is 2.19. The van der Waals surface area contributed by atoms with E-state index in [0.717, 1.165) is 5.56 Å². The van der Waals surface area contributed by atoms with Crippen LogP contribution in [0.1, 0.15) is 22.3 Å². The summed E-state index contributed by atoms with van der Waals surface area (Å²) in [5, 5.41) is 8.25. The smallest absolute Gasteiger partial charge is 0.248 e. The minimum Gasteiger partial charge on any atom is -0.366 e. The van der Waals surface area contributed by atoms with E-state index in [1.54, 1.807) is 24.3 Å². The fraction of sp³-hybridized carbons (Fsp3) is 0.0909. The first-order valence-corrected chi connectivity index (χ1v) is 3.99. The average molecular weight is 184 g/mol. The van der Waals surface area contributed by atoms with E-state index < -0.39 is 5.91 Å². The number of amides is 1. The number of nitriles is 1. The molecule has 0 atom stereocenters. The Balaban J connectivity index is 2.81. The summed E-state index contributed by atoms with van der Waals surface area (Å²) in [6.07, 6.45) is 0.206. The topological polar surface area (TPSA) is 66.9 Å². The molecule has 14 heavy (non-hydrogen) atoms. The fourth-order valence-corrected chi connectivity index (χ4v) is 0.904. The van der Waals surface area contributed by atoms with E-state index in [9.17, 15) is 4.79 Å². The number of nitrogens with zero attached hydrogens (tertiary/aromatic N) is 1. The van der Waals surface area contributed by atoms with Crippen molar-refractivity contribution >= 4 is 5.91 Å². The van der Waals surface area contributed by atoms with Gasteiger partial charge in [-0.15, -0.1) is 0 Å². The highest BCUT2D eigenvalue weighted by Gasteiger charge is 1.97. The highest BCUT2D eigenvalue weighted by Crippen LogP contribution is 2.02. The van der Waals surface area contributed by atoms with Gasteiger partial charge in [0.2, 0.25) is 5.91 Å². The van der Waals surface area contributed by atoms with Crippen LogP contribution in [0.5, 0.6) is 0 Å². The van der Waals surface area contributed by atoms with Crippen molar-refractivity contribution in [1.29, 1.82) is 5.26 Å². The maximum absolute atomic E-state index is 10.7. The van der Waals surface area contributed by atoms with E-state index in [1.807, 2.05) is 6.07 Å². The molecule has 0 heterocycles. The van der Waals surface area contributed by atoms with E-state index in [2.05, 4.69) is 11.8 Å². The lowest BCUT2D eigenvalue weighted by molar-refractivity contribution is 0.100. The Morgan fingerprint density at radius 3 is 2.50 bits per heavy atom. The largest absolute Gasteiger partial charge is 0.366 e. The molecule has 0 spiro atoms. The molecule has 68 valence electrons. The van der Waals surface area contributed by atoms with Crippen LogP contribution in [0.2, 0.25) is 0 Å². The zero-order valence-corrected chi connectivity index (χ0v) is 7.45. The molecule has 3 nitrogen and oxygen atoms in total. The summed E-state index contributed by atoms with van der Waals surface area (Å²) in [7, 11) is 0. The molecule has 3 heteroatoms. The second-order valence-electron chi connectivity index (χ2n) is 2.58. The maximum Gasteiger partial charge on any atom is 0.248 e. The first kappa shape index (κ1) is 9.83. The highest BCUT2D eigenvalue weighted by atomic mass is 16.1. The molecule has 0 saturated heterocycles. The van der Waals surface area contributed by atoms with Crippen LogP contribution in [0, 0.1) is 23.2 Å². The van der Waals surface area contributed by atoms with Crippen molar-refractivity contribution in [3.05, 3.63) is 35.4 Å². The summed E-state index contributed by atoms with van der Waals surface area (Å²) in [5.41, 5.74) is 6.29. The molecule has 0 fully saturated rings. The predicted molar refractivity (Wildman–Crippen MR) is 52.1 cm³/mol. The molecule has 0 bridgehead atoms. The first-order chi connectivity index (χ1) is 6.74. The molecule has 1 amide bonds. The van der Waals surface area contributed by atoms with Crippen molar-refractivity contribution < 1.29 is 4.79 Å². The zero-order chi connectivity index (χ0) is 10.4. The second-order valence-corrected chi connectivity index (χ2v) is 2.58. The lowest BCUT2D eigenvalue weighted by atomic mass is 10.1. The number of carbonyl (C=O) groups excluding carboxylic acids is 1. The number of carbonyl (C=O) groups is 1. The van der Waals surface area contributed by atoms with Gasteiger partial charge in [0.05, 0.1) is 12.5 Å². The molecule has 1 aromatic carbocycles. The summed E-state index contributed by atoms with van der Waals surface area (Å²) in [5.74, 6) is 5.00. The monoisotopic (exact) mass is 184 g/mol. The van der Waals surface area contributed by atoms with Crippen molar-refractivity contribution in [1.82, 2.24) is 0 Å².